The van der Waals surface area contributed by atoms with E-state index in [-0.39, 0.29) is 17.7 Å². The Morgan fingerprint density at radius 3 is 2.38 bits per heavy atom. The van der Waals surface area contributed by atoms with Crippen molar-refractivity contribution in [2.45, 2.75) is 45.7 Å². The summed E-state index contributed by atoms with van der Waals surface area (Å²) in [6, 6.07) is 9.84. The molecule has 24 heavy (non-hydrogen) atoms. The molecule has 1 N–H and O–H groups in total. The van der Waals surface area contributed by atoms with Crippen molar-refractivity contribution in [1.29, 1.82) is 0 Å². The van der Waals surface area contributed by atoms with Crippen LogP contribution in [0.5, 0.6) is 0 Å². The summed E-state index contributed by atoms with van der Waals surface area (Å²) in [5.74, 6) is -0.958. The Morgan fingerprint density at radius 2 is 1.88 bits per heavy atom. The molecule has 0 radical (unpaired) electrons. The van der Waals surface area contributed by atoms with Gasteiger partial charge < -0.3 is 14.5 Å². The van der Waals surface area contributed by atoms with Crippen LogP contribution in [0, 0.1) is 0 Å². The number of hydrogen-bond acceptors (Lipinski definition) is 4. The molecule has 6 heteroatoms. The van der Waals surface area contributed by atoms with Crippen LogP contribution in [0.1, 0.15) is 49.5 Å². The third-order valence-electron chi connectivity index (χ3n) is 3.75. The van der Waals surface area contributed by atoms with E-state index in [1.54, 1.807) is 6.07 Å². The fourth-order valence-electron chi connectivity index (χ4n) is 2.17. The number of carbonyl (C=O) groups is 2. The lowest BCUT2D eigenvalue weighted by Gasteiger charge is -2.25. The average molecular weight is 330 g/mol. The van der Waals surface area contributed by atoms with E-state index in [1.165, 1.54) is 11.8 Å². The van der Waals surface area contributed by atoms with Crippen molar-refractivity contribution < 1.29 is 19.2 Å². The summed E-state index contributed by atoms with van der Waals surface area (Å²) in [5, 5.41) is 13.2. The first-order valence-electron chi connectivity index (χ1n) is 7.75. The number of rotatable bonds is 5. The van der Waals surface area contributed by atoms with Gasteiger partial charge in [-0.1, -0.05) is 56.3 Å². The molecule has 0 fully saturated rings. The number of aromatic nitrogens is 1. The van der Waals surface area contributed by atoms with Gasteiger partial charge in [0.2, 0.25) is 0 Å². The normalized spacial score (nSPS) is 12.7. The van der Waals surface area contributed by atoms with Crippen LogP contribution in [0.4, 0.5) is 0 Å². The second-order valence-electron chi connectivity index (χ2n) is 6.76. The molecule has 1 heterocycles. The molecule has 0 saturated heterocycles. The van der Waals surface area contributed by atoms with E-state index < -0.39 is 17.9 Å². The molecule has 0 aliphatic carbocycles. The number of carbonyl (C=O) groups excluding carboxylic acids is 1. The average Bonchev–Trinajstić information content (AvgIpc) is 3.02. The van der Waals surface area contributed by atoms with Crippen molar-refractivity contribution in [3.8, 4) is 0 Å². The van der Waals surface area contributed by atoms with E-state index in [1.807, 2.05) is 51.1 Å². The highest BCUT2D eigenvalue weighted by Gasteiger charge is 2.30. The maximum Gasteiger partial charge on any atom is 0.326 e. The fraction of sp³-hybridized carbons (Fsp3) is 0.389. The Bertz CT molecular complexity index is 716. The van der Waals surface area contributed by atoms with Crippen LogP contribution < -0.4 is 0 Å². The number of hydrogen-bond donors (Lipinski definition) is 1. The standard InChI is InChI=1S/C18H22N2O4/c1-12(17(22)23)20(11-13-8-6-5-7-9-13)16(21)14-10-15(24-19-14)18(2,3)4/h5-10,12H,11H2,1-4H3,(H,22,23). The maximum absolute atomic E-state index is 12.8. The van der Waals surface area contributed by atoms with Gasteiger partial charge in [0.15, 0.2) is 5.69 Å². The van der Waals surface area contributed by atoms with Gasteiger partial charge in [-0.3, -0.25) is 4.79 Å². The summed E-state index contributed by atoms with van der Waals surface area (Å²) in [5.41, 5.74) is 0.677. The number of nitrogens with zero attached hydrogens (tertiary/aromatic N) is 2. The minimum Gasteiger partial charge on any atom is -0.480 e. The molecule has 1 unspecified atom stereocenters. The molecule has 1 aromatic carbocycles. The first-order valence-corrected chi connectivity index (χ1v) is 7.75. The van der Waals surface area contributed by atoms with Gasteiger partial charge in [-0.05, 0) is 12.5 Å². The monoisotopic (exact) mass is 330 g/mol. The molecule has 1 aromatic heterocycles. The minimum atomic E-state index is -1.07. The van der Waals surface area contributed by atoms with Gasteiger partial charge in [-0.15, -0.1) is 0 Å². The van der Waals surface area contributed by atoms with E-state index in [0.717, 1.165) is 5.56 Å². The molecule has 1 amide bonds. The van der Waals surface area contributed by atoms with Crippen molar-refractivity contribution in [1.82, 2.24) is 10.1 Å². The smallest absolute Gasteiger partial charge is 0.326 e. The highest BCUT2D eigenvalue weighted by molar-refractivity contribution is 5.94. The molecule has 1 atom stereocenters. The Labute approximate surface area is 141 Å². The van der Waals surface area contributed by atoms with Gasteiger partial charge in [0.25, 0.3) is 5.91 Å². The van der Waals surface area contributed by atoms with E-state index in [2.05, 4.69) is 5.16 Å². The number of carboxylic acids is 1. The minimum absolute atomic E-state index is 0.115. The van der Waals surface area contributed by atoms with Crippen molar-refractivity contribution in [2.75, 3.05) is 0 Å². The highest BCUT2D eigenvalue weighted by atomic mass is 16.5. The van der Waals surface area contributed by atoms with Gasteiger partial charge in [-0.25, -0.2) is 4.79 Å². The number of benzene rings is 1. The van der Waals surface area contributed by atoms with Gasteiger partial charge in [0.1, 0.15) is 11.8 Å². The lowest BCUT2D eigenvalue weighted by molar-refractivity contribution is -0.141. The Kier molecular flexibility index (Phi) is 5.07. The predicted octanol–water partition coefficient (Wildman–Crippen LogP) is 3.09. The van der Waals surface area contributed by atoms with E-state index in [9.17, 15) is 14.7 Å². The molecule has 2 rings (SSSR count). The molecule has 0 spiro atoms. The molecule has 2 aromatic rings. The third-order valence-corrected chi connectivity index (χ3v) is 3.75. The summed E-state index contributed by atoms with van der Waals surface area (Å²) >= 11 is 0. The highest BCUT2D eigenvalue weighted by Crippen LogP contribution is 2.23. The SMILES string of the molecule is CC(C(=O)O)N(Cc1ccccc1)C(=O)c1cc(C(C)(C)C)on1. The molecule has 0 saturated carbocycles. The summed E-state index contributed by atoms with van der Waals surface area (Å²) in [7, 11) is 0. The quantitative estimate of drug-likeness (QED) is 0.911. The maximum atomic E-state index is 12.8. The lowest BCUT2D eigenvalue weighted by atomic mass is 9.93. The van der Waals surface area contributed by atoms with Crippen LogP contribution in [-0.4, -0.2) is 33.1 Å². The van der Waals surface area contributed by atoms with Gasteiger partial charge >= 0.3 is 5.97 Å². The van der Waals surface area contributed by atoms with Gasteiger partial charge in [-0.2, -0.15) is 0 Å². The molecular weight excluding hydrogens is 308 g/mol. The molecular formula is C18H22N2O4. The van der Waals surface area contributed by atoms with Crippen LogP contribution >= 0.6 is 0 Å². The third kappa shape index (κ3) is 4.01. The van der Waals surface area contributed by atoms with Gasteiger partial charge in [0.05, 0.1) is 0 Å². The fourth-order valence-corrected chi connectivity index (χ4v) is 2.17. The molecule has 6 nitrogen and oxygen atoms in total. The first kappa shape index (κ1) is 17.7. The summed E-state index contributed by atoms with van der Waals surface area (Å²) < 4.78 is 5.25. The van der Waals surface area contributed by atoms with Crippen molar-refractivity contribution in [3.63, 3.8) is 0 Å². The van der Waals surface area contributed by atoms with Crippen LogP contribution in [-0.2, 0) is 16.8 Å². The molecule has 0 bridgehead atoms. The Hall–Kier alpha value is -2.63. The van der Waals surface area contributed by atoms with Crippen molar-refractivity contribution >= 4 is 11.9 Å². The van der Waals surface area contributed by atoms with E-state index in [4.69, 9.17) is 4.52 Å². The van der Waals surface area contributed by atoms with Crippen LogP contribution in [0.3, 0.4) is 0 Å². The zero-order valence-corrected chi connectivity index (χ0v) is 14.3. The van der Waals surface area contributed by atoms with Gasteiger partial charge in [0, 0.05) is 18.0 Å². The van der Waals surface area contributed by atoms with Crippen molar-refractivity contribution in [3.05, 3.63) is 53.4 Å². The summed E-state index contributed by atoms with van der Waals surface area (Å²) in [6.07, 6.45) is 0. The summed E-state index contributed by atoms with van der Waals surface area (Å²) in [4.78, 5) is 25.4. The molecule has 0 aliphatic heterocycles. The Balaban J connectivity index is 2.30. The molecule has 128 valence electrons. The van der Waals surface area contributed by atoms with E-state index >= 15 is 0 Å². The second-order valence-corrected chi connectivity index (χ2v) is 6.76. The summed E-state index contributed by atoms with van der Waals surface area (Å²) in [6.45, 7) is 7.51. The number of carboxylic acid groups (broad SMARTS) is 1. The molecule has 0 aliphatic rings. The zero-order valence-electron chi connectivity index (χ0n) is 14.3. The second kappa shape index (κ2) is 6.86. The lowest BCUT2D eigenvalue weighted by Crippen LogP contribution is -2.42. The van der Waals surface area contributed by atoms with E-state index in [0.29, 0.717) is 5.76 Å². The zero-order chi connectivity index (χ0) is 17.9. The van der Waals surface area contributed by atoms with Crippen LogP contribution in [0.2, 0.25) is 0 Å². The van der Waals surface area contributed by atoms with Crippen LogP contribution in [0.15, 0.2) is 40.9 Å². The number of aliphatic carboxylic acids is 1. The topological polar surface area (TPSA) is 83.6 Å². The predicted molar refractivity (Wildman–Crippen MR) is 88.6 cm³/mol. The largest absolute Gasteiger partial charge is 0.480 e. The first-order chi connectivity index (χ1) is 11.2. The number of amides is 1. The Morgan fingerprint density at radius 1 is 1.25 bits per heavy atom. The van der Waals surface area contributed by atoms with Crippen molar-refractivity contribution in [2.24, 2.45) is 0 Å². The van der Waals surface area contributed by atoms with Crippen LogP contribution in [0.25, 0.3) is 0 Å².